The fourth-order valence-electron chi connectivity index (χ4n) is 2.29. The molecule has 1 N–H and O–H groups in total. The first-order valence-corrected chi connectivity index (χ1v) is 6.92. The molecule has 1 saturated heterocycles. The first kappa shape index (κ1) is 12.1. The average molecular weight is 251 g/mol. The van der Waals surface area contributed by atoms with Gasteiger partial charge in [0, 0.05) is 5.41 Å². The lowest BCUT2D eigenvalue weighted by Gasteiger charge is -2.22. The highest BCUT2D eigenvalue weighted by Gasteiger charge is 2.43. The molecule has 5 heteroatoms. The van der Waals surface area contributed by atoms with Gasteiger partial charge in [0.05, 0.1) is 19.1 Å². The van der Waals surface area contributed by atoms with E-state index in [-0.39, 0.29) is 5.41 Å². The van der Waals surface area contributed by atoms with E-state index in [1.807, 2.05) is 0 Å². The van der Waals surface area contributed by atoms with E-state index in [0.717, 1.165) is 38.2 Å². The first-order chi connectivity index (χ1) is 8.76. The standard InChI is InChI=1S/C13H21N3O2/c1-13(5-6-13)12-15-11(18-16-12)4-9-17-10-2-7-14-8-3-10/h10,14H,2-9H2,1H3. The zero-order valence-corrected chi connectivity index (χ0v) is 10.9. The summed E-state index contributed by atoms with van der Waals surface area (Å²) in [4.78, 5) is 4.46. The van der Waals surface area contributed by atoms with Crippen LogP contribution < -0.4 is 5.32 Å². The molecule has 1 aromatic heterocycles. The van der Waals surface area contributed by atoms with Gasteiger partial charge in [-0.15, -0.1) is 0 Å². The maximum absolute atomic E-state index is 5.83. The summed E-state index contributed by atoms with van der Waals surface area (Å²) in [7, 11) is 0. The van der Waals surface area contributed by atoms with Gasteiger partial charge in [0.1, 0.15) is 0 Å². The van der Waals surface area contributed by atoms with Crippen molar-refractivity contribution in [2.24, 2.45) is 0 Å². The van der Waals surface area contributed by atoms with Crippen LogP contribution in [0.1, 0.15) is 44.3 Å². The number of ether oxygens (including phenoxy) is 1. The molecule has 2 heterocycles. The molecule has 0 amide bonds. The van der Waals surface area contributed by atoms with Crippen molar-refractivity contribution < 1.29 is 9.26 Å². The molecule has 3 rings (SSSR count). The summed E-state index contributed by atoms with van der Waals surface area (Å²) in [5.74, 6) is 1.59. The number of hydrogen-bond donors (Lipinski definition) is 1. The zero-order chi connectivity index (χ0) is 12.4. The Hall–Kier alpha value is -0.940. The highest BCUT2D eigenvalue weighted by Crippen LogP contribution is 2.45. The highest BCUT2D eigenvalue weighted by molar-refractivity contribution is 5.14. The number of hydrogen-bond acceptors (Lipinski definition) is 5. The van der Waals surface area contributed by atoms with E-state index in [4.69, 9.17) is 9.26 Å². The van der Waals surface area contributed by atoms with Gasteiger partial charge in [0.15, 0.2) is 5.82 Å². The predicted octanol–water partition coefficient (Wildman–Crippen LogP) is 1.43. The second kappa shape index (κ2) is 4.97. The zero-order valence-electron chi connectivity index (χ0n) is 10.9. The summed E-state index contributed by atoms with van der Waals surface area (Å²) < 4.78 is 11.1. The predicted molar refractivity (Wildman–Crippen MR) is 66.4 cm³/mol. The maximum atomic E-state index is 5.83. The molecule has 5 nitrogen and oxygen atoms in total. The van der Waals surface area contributed by atoms with Crippen LogP contribution in [-0.2, 0) is 16.6 Å². The lowest BCUT2D eigenvalue weighted by atomic mass is 10.1. The molecule has 0 atom stereocenters. The van der Waals surface area contributed by atoms with Crippen LogP contribution in [-0.4, -0.2) is 35.9 Å². The Bertz CT molecular complexity index is 395. The van der Waals surface area contributed by atoms with Crippen molar-refractivity contribution in [3.05, 3.63) is 11.7 Å². The molecule has 100 valence electrons. The van der Waals surface area contributed by atoms with Gasteiger partial charge >= 0.3 is 0 Å². The fraction of sp³-hybridized carbons (Fsp3) is 0.846. The van der Waals surface area contributed by atoms with Gasteiger partial charge in [-0.1, -0.05) is 12.1 Å². The van der Waals surface area contributed by atoms with Gasteiger partial charge in [-0.05, 0) is 38.8 Å². The highest BCUT2D eigenvalue weighted by atomic mass is 16.5. The Morgan fingerprint density at radius 2 is 2.17 bits per heavy atom. The minimum absolute atomic E-state index is 0.192. The summed E-state index contributed by atoms with van der Waals surface area (Å²) >= 11 is 0. The molecule has 1 saturated carbocycles. The van der Waals surface area contributed by atoms with Gasteiger partial charge in [-0.2, -0.15) is 4.98 Å². The van der Waals surface area contributed by atoms with Crippen LogP contribution in [0.3, 0.4) is 0 Å². The van der Waals surface area contributed by atoms with E-state index in [1.165, 1.54) is 12.8 Å². The van der Waals surface area contributed by atoms with Crippen molar-refractivity contribution in [1.29, 1.82) is 0 Å². The molecule has 0 radical (unpaired) electrons. The first-order valence-electron chi connectivity index (χ1n) is 6.92. The third-order valence-electron chi connectivity index (χ3n) is 3.96. The molecule has 18 heavy (non-hydrogen) atoms. The molecule has 2 aliphatic rings. The van der Waals surface area contributed by atoms with Crippen molar-refractivity contribution in [1.82, 2.24) is 15.5 Å². The van der Waals surface area contributed by atoms with Gasteiger partial charge in [0.25, 0.3) is 0 Å². The quantitative estimate of drug-likeness (QED) is 0.858. The van der Waals surface area contributed by atoms with Crippen molar-refractivity contribution in [3.8, 4) is 0 Å². The van der Waals surface area contributed by atoms with Crippen molar-refractivity contribution in [2.45, 2.75) is 50.5 Å². The van der Waals surface area contributed by atoms with E-state index in [9.17, 15) is 0 Å². The number of nitrogens with one attached hydrogen (secondary N) is 1. The van der Waals surface area contributed by atoms with Crippen LogP contribution in [0, 0.1) is 0 Å². The molecule has 1 aliphatic heterocycles. The summed E-state index contributed by atoms with van der Waals surface area (Å²) in [5, 5.41) is 7.39. The number of piperidine rings is 1. The SMILES string of the molecule is CC1(c2noc(CCOC3CCNCC3)n2)CC1. The molecule has 0 bridgehead atoms. The van der Waals surface area contributed by atoms with Crippen LogP contribution >= 0.6 is 0 Å². The van der Waals surface area contributed by atoms with Crippen molar-refractivity contribution >= 4 is 0 Å². The Labute approximate surface area is 107 Å². The number of nitrogens with zero attached hydrogens (tertiary/aromatic N) is 2. The number of aromatic nitrogens is 2. The normalized spacial score (nSPS) is 23.2. The van der Waals surface area contributed by atoms with E-state index >= 15 is 0 Å². The molecule has 0 aromatic carbocycles. The topological polar surface area (TPSA) is 60.2 Å². The molecule has 0 spiro atoms. The molecule has 2 fully saturated rings. The van der Waals surface area contributed by atoms with E-state index in [0.29, 0.717) is 18.6 Å². The lowest BCUT2D eigenvalue weighted by molar-refractivity contribution is 0.0322. The minimum Gasteiger partial charge on any atom is -0.378 e. The van der Waals surface area contributed by atoms with Gasteiger partial charge in [-0.3, -0.25) is 0 Å². The smallest absolute Gasteiger partial charge is 0.228 e. The fourth-order valence-corrected chi connectivity index (χ4v) is 2.29. The molecular formula is C13H21N3O2. The Balaban J connectivity index is 1.43. The van der Waals surface area contributed by atoms with Crippen LogP contribution in [0.4, 0.5) is 0 Å². The van der Waals surface area contributed by atoms with E-state index < -0.39 is 0 Å². The Morgan fingerprint density at radius 1 is 1.39 bits per heavy atom. The maximum Gasteiger partial charge on any atom is 0.228 e. The Morgan fingerprint density at radius 3 is 2.89 bits per heavy atom. The van der Waals surface area contributed by atoms with Crippen molar-refractivity contribution in [3.63, 3.8) is 0 Å². The Kier molecular flexibility index (Phi) is 3.35. The van der Waals surface area contributed by atoms with Crippen LogP contribution in [0.5, 0.6) is 0 Å². The number of rotatable bonds is 5. The second-order valence-electron chi connectivity index (χ2n) is 5.64. The monoisotopic (exact) mass is 251 g/mol. The molecule has 1 aliphatic carbocycles. The van der Waals surface area contributed by atoms with Crippen LogP contribution in [0.2, 0.25) is 0 Å². The minimum atomic E-state index is 0.192. The summed E-state index contributed by atoms with van der Waals surface area (Å²) in [6.45, 7) is 5.00. The van der Waals surface area contributed by atoms with Gasteiger partial charge < -0.3 is 14.6 Å². The van der Waals surface area contributed by atoms with E-state index in [1.54, 1.807) is 0 Å². The van der Waals surface area contributed by atoms with E-state index in [2.05, 4.69) is 22.4 Å². The lowest BCUT2D eigenvalue weighted by Crippen LogP contribution is -2.32. The molecule has 0 unspecified atom stereocenters. The summed E-state index contributed by atoms with van der Waals surface area (Å²) in [6, 6.07) is 0. The van der Waals surface area contributed by atoms with Crippen LogP contribution in [0.15, 0.2) is 4.52 Å². The molecule has 1 aromatic rings. The van der Waals surface area contributed by atoms with Crippen molar-refractivity contribution in [2.75, 3.05) is 19.7 Å². The second-order valence-corrected chi connectivity index (χ2v) is 5.64. The third-order valence-corrected chi connectivity index (χ3v) is 3.96. The van der Waals surface area contributed by atoms with Gasteiger partial charge in [-0.25, -0.2) is 0 Å². The largest absolute Gasteiger partial charge is 0.378 e. The van der Waals surface area contributed by atoms with Crippen LogP contribution in [0.25, 0.3) is 0 Å². The molecular weight excluding hydrogens is 230 g/mol. The van der Waals surface area contributed by atoms with Gasteiger partial charge in [0.2, 0.25) is 5.89 Å². The summed E-state index contributed by atoms with van der Waals surface area (Å²) in [6.07, 6.45) is 5.69. The third kappa shape index (κ3) is 2.72. The summed E-state index contributed by atoms with van der Waals surface area (Å²) in [5.41, 5.74) is 0.192. The average Bonchev–Trinajstić information content (AvgIpc) is 2.96.